The van der Waals surface area contributed by atoms with Crippen LogP contribution in [0, 0.1) is 5.92 Å². The molecule has 18 heavy (non-hydrogen) atoms. The summed E-state index contributed by atoms with van der Waals surface area (Å²) in [7, 11) is 1.52. The first-order chi connectivity index (χ1) is 8.45. The van der Waals surface area contributed by atoms with Gasteiger partial charge in [-0.2, -0.15) is 0 Å². The smallest absolute Gasteiger partial charge is 0.223 e. The molecule has 0 aliphatic carbocycles. The van der Waals surface area contributed by atoms with Gasteiger partial charge in [-0.15, -0.1) is 0 Å². The molecule has 0 bridgehead atoms. The molecule has 0 aliphatic heterocycles. The molecule has 5 heteroatoms. The van der Waals surface area contributed by atoms with Crippen LogP contribution in [0.15, 0.2) is 18.2 Å². The zero-order valence-electron chi connectivity index (χ0n) is 10.8. The summed E-state index contributed by atoms with van der Waals surface area (Å²) in [5.41, 5.74) is 5.89. The van der Waals surface area contributed by atoms with Crippen molar-refractivity contribution in [1.82, 2.24) is 0 Å². The molecule has 1 unspecified atom stereocenters. The van der Waals surface area contributed by atoms with Gasteiger partial charge >= 0.3 is 0 Å². The molecule has 5 nitrogen and oxygen atoms in total. The maximum Gasteiger partial charge on any atom is 0.223 e. The Morgan fingerprint density at radius 3 is 2.56 bits per heavy atom. The third kappa shape index (κ3) is 3.63. The standard InChI is InChI=1S/C13H19NO4/c1-8(13(14)16)7-18-11-5-4-10(9(2)15)6-12(11)17-3/h4-6,8-9,15H,7H2,1-3H3,(H2,14,16)/t8?,9-/m1/s1. The van der Waals surface area contributed by atoms with Crippen molar-refractivity contribution in [2.24, 2.45) is 11.7 Å². The lowest BCUT2D eigenvalue weighted by molar-refractivity contribution is -0.122. The van der Waals surface area contributed by atoms with E-state index in [-0.39, 0.29) is 12.5 Å². The number of amides is 1. The summed E-state index contributed by atoms with van der Waals surface area (Å²) in [5.74, 6) is 0.265. The fraction of sp³-hybridized carbons (Fsp3) is 0.462. The molecule has 0 saturated carbocycles. The minimum Gasteiger partial charge on any atom is -0.493 e. The van der Waals surface area contributed by atoms with E-state index in [1.54, 1.807) is 32.0 Å². The average molecular weight is 253 g/mol. The van der Waals surface area contributed by atoms with E-state index in [4.69, 9.17) is 15.2 Å². The normalized spacial score (nSPS) is 13.8. The summed E-state index contributed by atoms with van der Waals surface area (Å²) in [6.07, 6.45) is -0.572. The second-order valence-electron chi connectivity index (χ2n) is 4.20. The number of hydrogen-bond acceptors (Lipinski definition) is 4. The Bertz CT molecular complexity index is 417. The van der Waals surface area contributed by atoms with E-state index >= 15 is 0 Å². The molecule has 0 aromatic heterocycles. The number of carbonyl (C=O) groups is 1. The Labute approximate surface area is 107 Å². The zero-order valence-corrected chi connectivity index (χ0v) is 10.8. The van der Waals surface area contributed by atoms with Crippen LogP contribution in [0.5, 0.6) is 11.5 Å². The number of methoxy groups -OCH3 is 1. The number of nitrogens with two attached hydrogens (primary N) is 1. The quantitative estimate of drug-likeness (QED) is 0.799. The molecule has 0 heterocycles. The lowest BCUT2D eigenvalue weighted by Gasteiger charge is -2.14. The molecule has 0 saturated heterocycles. The second-order valence-corrected chi connectivity index (χ2v) is 4.20. The Morgan fingerprint density at radius 2 is 2.06 bits per heavy atom. The summed E-state index contributed by atoms with van der Waals surface area (Å²) < 4.78 is 10.7. The van der Waals surface area contributed by atoms with E-state index in [0.717, 1.165) is 5.56 Å². The molecule has 2 atom stereocenters. The number of carbonyl (C=O) groups excluding carboxylic acids is 1. The molecule has 1 aromatic carbocycles. The van der Waals surface area contributed by atoms with Crippen molar-refractivity contribution in [3.05, 3.63) is 23.8 Å². The average Bonchev–Trinajstić information content (AvgIpc) is 2.35. The van der Waals surface area contributed by atoms with Crippen LogP contribution >= 0.6 is 0 Å². The second kappa shape index (κ2) is 6.26. The largest absolute Gasteiger partial charge is 0.493 e. The van der Waals surface area contributed by atoms with Gasteiger partial charge in [0.1, 0.15) is 0 Å². The number of benzene rings is 1. The van der Waals surface area contributed by atoms with E-state index in [9.17, 15) is 9.90 Å². The first kappa shape index (κ1) is 14.3. The fourth-order valence-electron chi connectivity index (χ4n) is 1.36. The maximum atomic E-state index is 10.9. The van der Waals surface area contributed by atoms with Crippen LogP contribution in [0.2, 0.25) is 0 Å². The molecular formula is C13H19NO4. The maximum absolute atomic E-state index is 10.9. The van der Waals surface area contributed by atoms with Crippen LogP contribution in [0.25, 0.3) is 0 Å². The van der Waals surface area contributed by atoms with E-state index in [2.05, 4.69) is 0 Å². The van der Waals surface area contributed by atoms with Crippen molar-refractivity contribution >= 4 is 5.91 Å². The molecule has 0 radical (unpaired) electrons. The topological polar surface area (TPSA) is 81.8 Å². The first-order valence-electron chi connectivity index (χ1n) is 5.73. The van der Waals surface area contributed by atoms with Gasteiger partial charge in [0.15, 0.2) is 11.5 Å². The van der Waals surface area contributed by atoms with Crippen LogP contribution in [0.4, 0.5) is 0 Å². The molecular weight excluding hydrogens is 234 g/mol. The highest BCUT2D eigenvalue weighted by Gasteiger charge is 2.13. The molecule has 1 aromatic rings. The lowest BCUT2D eigenvalue weighted by Crippen LogP contribution is -2.25. The van der Waals surface area contributed by atoms with Gasteiger partial charge in [-0.1, -0.05) is 13.0 Å². The van der Waals surface area contributed by atoms with Gasteiger partial charge < -0.3 is 20.3 Å². The van der Waals surface area contributed by atoms with Crippen molar-refractivity contribution < 1.29 is 19.4 Å². The number of rotatable bonds is 6. The zero-order chi connectivity index (χ0) is 13.7. The van der Waals surface area contributed by atoms with Crippen LogP contribution in [-0.4, -0.2) is 24.7 Å². The molecule has 100 valence electrons. The van der Waals surface area contributed by atoms with Crippen LogP contribution < -0.4 is 15.2 Å². The molecule has 0 fully saturated rings. The fourth-order valence-corrected chi connectivity index (χ4v) is 1.36. The highest BCUT2D eigenvalue weighted by Crippen LogP contribution is 2.30. The van der Waals surface area contributed by atoms with E-state index in [1.165, 1.54) is 7.11 Å². The summed E-state index contributed by atoms with van der Waals surface area (Å²) in [5, 5.41) is 9.47. The van der Waals surface area contributed by atoms with E-state index in [1.807, 2.05) is 0 Å². The third-order valence-electron chi connectivity index (χ3n) is 2.64. The van der Waals surface area contributed by atoms with Crippen molar-refractivity contribution in [2.45, 2.75) is 20.0 Å². The van der Waals surface area contributed by atoms with Crippen molar-refractivity contribution in [2.75, 3.05) is 13.7 Å². The minimum atomic E-state index is -0.572. The number of aliphatic hydroxyl groups is 1. The van der Waals surface area contributed by atoms with Gasteiger partial charge in [-0.3, -0.25) is 4.79 Å². The molecule has 1 rings (SSSR count). The van der Waals surface area contributed by atoms with Crippen LogP contribution in [-0.2, 0) is 4.79 Å². The summed E-state index contributed by atoms with van der Waals surface area (Å²) in [6.45, 7) is 3.56. The van der Waals surface area contributed by atoms with Crippen LogP contribution in [0.3, 0.4) is 0 Å². The molecule has 0 aliphatic rings. The summed E-state index contributed by atoms with van der Waals surface area (Å²) in [4.78, 5) is 10.9. The summed E-state index contributed by atoms with van der Waals surface area (Å²) >= 11 is 0. The number of aliphatic hydroxyl groups excluding tert-OH is 1. The summed E-state index contributed by atoms with van der Waals surface area (Å²) in [6, 6.07) is 5.15. The lowest BCUT2D eigenvalue weighted by atomic mass is 10.1. The number of primary amides is 1. The number of hydrogen-bond donors (Lipinski definition) is 2. The van der Waals surface area contributed by atoms with Crippen molar-refractivity contribution in [1.29, 1.82) is 0 Å². The van der Waals surface area contributed by atoms with E-state index < -0.39 is 12.0 Å². The van der Waals surface area contributed by atoms with Crippen LogP contribution in [0.1, 0.15) is 25.5 Å². The number of ether oxygens (including phenoxy) is 2. The van der Waals surface area contributed by atoms with Gasteiger partial charge in [0, 0.05) is 0 Å². The van der Waals surface area contributed by atoms with Gasteiger partial charge in [0.2, 0.25) is 5.91 Å². The Morgan fingerprint density at radius 1 is 1.39 bits per heavy atom. The van der Waals surface area contributed by atoms with Gasteiger partial charge in [0.05, 0.1) is 25.7 Å². The Hall–Kier alpha value is -1.75. The van der Waals surface area contributed by atoms with Crippen molar-refractivity contribution in [3.8, 4) is 11.5 Å². The van der Waals surface area contributed by atoms with Gasteiger partial charge in [-0.05, 0) is 24.6 Å². The third-order valence-corrected chi connectivity index (χ3v) is 2.64. The SMILES string of the molecule is COc1cc([C@@H](C)O)ccc1OCC(C)C(N)=O. The van der Waals surface area contributed by atoms with Gasteiger partial charge in [0.25, 0.3) is 0 Å². The molecule has 0 spiro atoms. The Kier molecular flexibility index (Phi) is 4.97. The highest BCUT2D eigenvalue weighted by molar-refractivity contribution is 5.76. The monoisotopic (exact) mass is 253 g/mol. The predicted octanol–water partition coefficient (Wildman–Crippen LogP) is 1.25. The predicted molar refractivity (Wildman–Crippen MR) is 67.5 cm³/mol. The highest BCUT2D eigenvalue weighted by atomic mass is 16.5. The van der Waals surface area contributed by atoms with E-state index in [0.29, 0.717) is 11.5 Å². The molecule has 3 N–H and O–H groups in total. The Balaban J connectivity index is 2.80. The van der Waals surface area contributed by atoms with Gasteiger partial charge in [-0.25, -0.2) is 0 Å². The first-order valence-corrected chi connectivity index (χ1v) is 5.73. The van der Waals surface area contributed by atoms with Crippen molar-refractivity contribution in [3.63, 3.8) is 0 Å². The molecule has 1 amide bonds. The minimum absolute atomic E-state index is 0.194.